The maximum atomic E-state index is 5.42. The molecule has 0 spiro atoms. The summed E-state index contributed by atoms with van der Waals surface area (Å²) in [4.78, 5) is 17.5. The van der Waals surface area contributed by atoms with Gasteiger partial charge in [0.15, 0.2) is 5.82 Å². The van der Waals surface area contributed by atoms with Crippen molar-refractivity contribution in [3.63, 3.8) is 0 Å². The van der Waals surface area contributed by atoms with Crippen molar-refractivity contribution in [1.82, 2.24) is 19.9 Å². The van der Waals surface area contributed by atoms with Crippen molar-refractivity contribution in [1.29, 1.82) is 0 Å². The van der Waals surface area contributed by atoms with E-state index < -0.39 is 0 Å². The highest BCUT2D eigenvalue weighted by atomic mass is 16.5. The fraction of sp³-hybridized carbons (Fsp3) is 0.333. The second-order valence-electron chi connectivity index (χ2n) is 6.20. The highest BCUT2D eigenvalue weighted by Crippen LogP contribution is 2.22. The molecule has 0 unspecified atom stereocenters. The van der Waals surface area contributed by atoms with Gasteiger partial charge < -0.3 is 4.74 Å². The molecule has 3 rings (SSSR count). The molecule has 0 fully saturated rings. The predicted octanol–water partition coefficient (Wildman–Crippen LogP) is 4.73. The van der Waals surface area contributed by atoms with Gasteiger partial charge in [0, 0.05) is 35.9 Å². The summed E-state index contributed by atoms with van der Waals surface area (Å²) in [5, 5.41) is 0. The van der Waals surface area contributed by atoms with Gasteiger partial charge in [-0.05, 0) is 30.4 Å². The van der Waals surface area contributed by atoms with Crippen LogP contribution in [0, 0.1) is 0 Å². The molecule has 0 aliphatic heterocycles. The van der Waals surface area contributed by atoms with Crippen molar-refractivity contribution >= 4 is 0 Å². The van der Waals surface area contributed by atoms with E-state index in [1.54, 1.807) is 12.4 Å². The van der Waals surface area contributed by atoms with Crippen molar-refractivity contribution in [2.75, 3.05) is 6.61 Å². The molecule has 134 valence electrons. The van der Waals surface area contributed by atoms with E-state index in [9.17, 15) is 0 Å². The van der Waals surface area contributed by atoms with Crippen LogP contribution in [-0.4, -0.2) is 26.5 Å². The molecule has 2 aromatic heterocycles. The Bertz CT molecular complexity index is 728. The molecule has 0 saturated heterocycles. The van der Waals surface area contributed by atoms with Crippen LogP contribution in [0.15, 0.2) is 49.1 Å². The molecule has 0 bridgehead atoms. The fourth-order valence-corrected chi connectivity index (χ4v) is 2.56. The van der Waals surface area contributed by atoms with Crippen LogP contribution >= 0.6 is 0 Å². The van der Waals surface area contributed by atoms with Gasteiger partial charge in [-0.3, -0.25) is 0 Å². The lowest BCUT2D eigenvalue weighted by Gasteiger charge is -2.06. The average Bonchev–Trinajstić information content (AvgIpc) is 2.72. The number of benzene rings is 1. The number of aromatic nitrogens is 4. The molecule has 0 saturated carbocycles. The zero-order valence-corrected chi connectivity index (χ0v) is 15.4. The van der Waals surface area contributed by atoms with Gasteiger partial charge in [-0.1, -0.05) is 44.5 Å². The summed E-state index contributed by atoms with van der Waals surface area (Å²) in [6, 6.07) is 8.54. The van der Waals surface area contributed by atoms with Crippen LogP contribution < -0.4 is 4.74 Å². The molecule has 2 heterocycles. The van der Waals surface area contributed by atoms with Crippen LogP contribution in [0.5, 0.6) is 6.01 Å². The Morgan fingerprint density at radius 3 is 2.00 bits per heavy atom. The summed E-state index contributed by atoms with van der Waals surface area (Å²) in [6.45, 7) is 4.87. The minimum absolute atomic E-state index is 0.420. The first-order valence-corrected chi connectivity index (χ1v) is 9.16. The number of nitrogens with zero attached hydrogens (tertiary/aromatic N) is 4. The molecule has 26 heavy (non-hydrogen) atoms. The fourth-order valence-electron chi connectivity index (χ4n) is 2.56. The van der Waals surface area contributed by atoms with Gasteiger partial charge in [0.25, 0.3) is 0 Å². The molecule has 0 aliphatic carbocycles. The number of hydrogen-bond acceptors (Lipinski definition) is 5. The molecular weight excluding hydrogens is 324 g/mol. The van der Waals surface area contributed by atoms with E-state index in [4.69, 9.17) is 4.74 Å². The molecule has 0 atom stereocenters. The third-order valence-electron chi connectivity index (χ3n) is 4.06. The summed E-state index contributed by atoms with van der Waals surface area (Å²) >= 11 is 0. The zero-order valence-electron chi connectivity index (χ0n) is 15.4. The van der Waals surface area contributed by atoms with Gasteiger partial charge in [0.1, 0.15) is 0 Å². The second-order valence-corrected chi connectivity index (χ2v) is 6.20. The normalized spacial score (nSPS) is 10.7. The Morgan fingerprint density at radius 2 is 1.38 bits per heavy atom. The molecule has 5 nitrogen and oxygen atoms in total. The summed E-state index contributed by atoms with van der Waals surface area (Å²) < 4.78 is 5.42. The molecule has 1 aromatic carbocycles. The Balaban J connectivity index is 1.69. The van der Waals surface area contributed by atoms with E-state index in [0.717, 1.165) is 35.4 Å². The third kappa shape index (κ3) is 4.63. The van der Waals surface area contributed by atoms with Gasteiger partial charge in [0.2, 0.25) is 0 Å². The van der Waals surface area contributed by atoms with Gasteiger partial charge in [-0.2, -0.15) is 0 Å². The van der Waals surface area contributed by atoms with Gasteiger partial charge in [-0.15, -0.1) is 0 Å². The first-order valence-electron chi connectivity index (χ1n) is 9.16. The lowest BCUT2D eigenvalue weighted by atomic mass is 10.1. The summed E-state index contributed by atoms with van der Waals surface area (Å²) in [7, 11) is 0. The Kier molecular flexibility index (Phi) is 6.25. The number of aryl methyl sites for hydroxylation is 1. The van der Waals surface area contributed by atoms with Crippen molar-refractivity contribution in [3.8, 4) is 28.5 Å². The maximum Gasteiger partial charge on any atom is 0.316 e. The van der Waals surface area contributed by atoms with E-state index in [-0.39, 0.29) is 0 Å². The topological polar surface area (TPSA) is 60.8 Å². The van der Waals surface area contributed by atoms with Crippen molar-refractivity contribution in [2.24, 2.45) is 0 Å². The van der Waals surface area contributed by atoms with E-state index in [2.05, 4.69) is 33.8 Å². The van der Waals surface area contributed by atoms with Crippen LogP contribution in [0.3, 0.4) is 0 Å². The largest absolute Gasteiger partial charge is 0.463 e. The van der Waals surface area contributed by atoms with Gasteiger partial charge in [-0.25, -0.2) is 19.9 Å². The Morgan fingerprint density at radius 1 is 0.731 bits per heavy atom. The Hall–Kier alpha value is -2.82. The maximum absolute atomic E-state index is 5.42. The SMILES string of the molecule is CCCCc1cnc(-c2ccc(-c3cnc(OCCC)nc3)cc2)nc1. The lowest BCUT2D eigenvalue weighted by molar-refractivity contribution is 0.292. The first kappa shape index (κ1) is 18.0. The monoisotopic (exact) mass is 348 g/mol. The summed E-state index contributed by atoms with van der Waals surface area (Å²) in [5.74, 6) is 0.747. The van der Waals surface area contributed by atoms with Crippen LogP contribution in [0.4, 0.5) is 0 Å². The molecule has 0 N–H and O–H groups in total. The number of hydrogen-bond donors (Lipinski definition) is 0. The second kappa shape index (κ2) is 9.04. The quantitative estimate of drug-likeness (QED) is 0.589. The van der Waals surface area contributed by atoms with Crippen LogP contribution in [-0.2, 0) is 6.42 Å². The van der Waals surface area contributed by atoms with Crippen molar-refractivity contribution in [3.05, 3.63) is 54.6 Å². The zero-order chi connectivity index (χ0) is 18.2. The Labute approximate surface area is 154 Å². The molecule has 0 amide bonds. The first-order chi connectivity index (χ1) is 12.8. The average molecular weight is 348 g/mol. The van der Waals surface area contributed by atoms with E-state index in [1.807, 2.05) is 36.7 Å². The minimum atomic E-state index is 0.420. The van der Waals surface area contributed by atoms with Gasteiger partial charge >= 0.3 is 6.01 Å². The molecule has 0 radical (unpaired) electrons. The molecule has 3 aromatic rings. The number of rotatable bonds is 8. The summed E-state index contributed by atoms with van der Waals surface area (Å²) in [6.07, 6.45) is 11.7. The third-order valence-corrected chi connectivity index (χ3v) is 4.06. The van der Waals surface area contributed by atoms with E-state index in [0.29, 0.717) is 12.6 Å². The number of unbranched alkanes of at least 4 members (excludes halogenated alkanes) is 1. The highest BCUT2D eigenvalue weighted by Gasteiger charge is 2.05. The lowest BCUT2D eigenvalue weighted by Crippen LogP contribution is -1.99. The smallest absolute Gasteiger partial charge is 0.316 e. The van der Waals surface area contributed by atoms with Crippen LogP contribution in [0.1, 0.15) is 38.7 Å². The molecule has 0 aliphatic rings. The summed E-state index contributed by atoms with van der Waals surface area (Å²) in [5.41, 5.74) is 4.20. The molecule has 5 heteroatoms. The van der Waals surface area contributed by atoms with Crippen molar-refractivity contribution < 1.29 is 4.74 Å². The van der Waals surface area contributed by atoms with Gasteiger partial charge in [0.05, 0.1) is 6.61 Å². The highest BCUT2D eigenvalue weighted by molar-refractivity contribution is 5.66. The molecular formula is C21H24N4O. The van der Waals surface area contributed by atoms with E-state index in [1.165, 1.54) is 18.4 Å². The van der Waals surface area contributed by atoms with Crippen LogP contribution in [0.25, 0.3) is 22.5 Å². The minimum Gasteiger partial charge on any atom is -0.463 e. The van der Waals surface area contributed by atoms with E-state index >= 15 is 0 Å². The van der Waals surface area contributed by atoms with Crippen molar-refractivity contribution in [2.45, 2.75) is 39.5 Å². The number of ether oxygens (including phenoxy) is 1. The standard InChI is InChI=1S/C21H24N4O/c1-3-5-6-16-12-22-20(23-13-16)18-9-7-17(8-10-18)19-14-24-21(25-15-19)26-11-4-2/h7-10,12-15H,3-6,11H2,1-2H3. The predicted molar refractivity (Wildman–Crippen MR) is 103 cm³/mol. The van der Waals surface area contributed by atoms with Crippen LogP contribution in [0.2, 0.25) is 0 Å².